The molecule has 8 nitrogen and oxygen atoms in total. The van der Waals surface area contributed by atoms with Crippen LogP contribution in [0.15, 0.2) is 76.4 Å². The maximum atomic E-state index is 13.3. The molecule has 1 unspecified atom stereocenters. The number of hydrogen-bond acceptors (Lipinski definition) is 5. The van der Waals surface area contributed by atoms with Crippen LogP contribution in [0.5, 0.6) is 11.5 Å². The molecule has 0 amide bonds. The van der Waals surface area contributed by atoms with Crippen molar-refractivity contribution in [1.29, 1.82) is 0 Å². The second-order valence-electron chi connectivity index (χ2n) is 9.63. The van der Waals surface area contributed by atoms with Gasteiger partial charge in [-0.3, -0.25) is 13.9 Å². The molecule has 37 heavy (non-hydrogen) atoms. The molecule has 0 saturated heterocycles. The largest absolute Gasteiger partial charge is 0.508 e. The summed E-state index contributed by atoms with van der Waals surface area (Å²) in [7, 11) is 3.12. The summed E-state index contributed by atoms with van der Waals surface area (Å²) in [6, 6.07) is 17.7. The van der Waals surface area contributed by atoms with E-state index in [2.05, 4.69) is 17.0 Å². The molecule has 6 rings (SSSR count). The van der Waals surface area contributed by atoms with Gasteiger partial charge in [-0.15, -0.1) is 0 Å². The number of phenols is 2. The van der Waals surface area contributed by atoms with E-state index < -0.39 is 17.3 Å². The van der Waals surface area contributed by atoms with Crippen molar-refractivity contribution < 1.29 is 10.2 Å². The minimum atomic E-state index is -0.667. The Kier molecular flexibility index (Phi) is 4.85. The molecule has 8 heteroatoms. The average Bonchev–Trinajstić information content (AvgIpc) is 3.29. The molecule has 1 atom stereocenters. The van der Waals surface area contributed by atoms with Crippen LogP contribution in [0.3, 0.4) is 0 Å². The van der Waals surface area contributed by atoms with Crippen molar-refractivity contribution in [2.75, 3.05) is 4.90 Å². The Morgan fingerprint density at radius 3 is 2.19 bits per heavy atom. The first-order valence-corrected chi connectivity index (χ1v) is 12.0. The van der Waals surface area contributed by atoms with Crippen molar-refractivity contribution in [3.8, 4) is 17.2 Å². The van der Waals surface area contributed by atoms with Gasteiger partial charge in [0.05, 0.1) is 28.0 Å². The third kappa shape index (κ3) is 3.15. The lowest BCUT2D eigenvalue weighted by atomic mass is 9.94. The van der Waals surface area contributed by atoms with Crippen molar-refractivity contribution in [1.82, 2.24) is 13.7 Å². The van der Waals surface area contributed by atoms with E-state index in [1.54, 1.807) is 13.2 Å². The molecule has 3 heterocycles. The van der Waals surface area contributed by atoms with Gasteiger partial charge in [-0.05, 0) is 67.4 Å². The second-order valence-corrected chi connectivity index (χ2v) is 9.63. The maximum absolute atomic E-state index is 13.3. The Balaban J connectivity index is 1.86. The van der Waals surface area contributed by atoms with Crippen LogP contribution < -0.4 is 16.1 Å². The third-order valence-corrected chi connectivity index (χ3v) is 7.43. The summed E-state index contributed by atoms with van der Waals surface area (Å²) >= 11 is 0. The van der Waals surface area contributed by atoms with E-state index in [0.29, 0.717) is 22.2 Å². The number of anilines is 2. The highest BCUT2D eigenvalue weighted by molar-refractivity contribution is 5.89. The van der Waals surface area contributed by atoms with Crippen LogP contribution in [0.25, 0.3) is 16.6 Å². The Bertz CT molecular complexity index is 1850. The zero-order chi connectivity index (χ0) is 26.2. The lowest BCUT2D eigenvalue weighted by molar-refractivity contribution is 0.450. The third-order valence-electron chi connectivity index (χ3n) is 7.43. The van der Waals surface area contributed by atoms with Gasteiger partial charge in [0.25, 0.3) is 5.56 Å². The summed E-state index contributed by atoms with van der Waals surface area (Å²) < 4.78 is 4.52. The molecule has 5 aromatic rings. The summed E-state index contributed by atoms with van der Waals surface area (Å²) in [6.07, 6.45) is 1.77. The highest BCUT2D eigenvalue weighted by Crippen LogP contribution is 2.51. The van der Waals surface area contributed by atoms with Gasteiger partial charge in [0.2, 0.25) is 0 Å². The van der Waals surface area contributed by atoms with Gasteiger partial charge in [-0.1, -0.05) is 18.2 Å². The lowest BCUT2D eigenvalue weighted by Gasteiger charge is -2.41. The molecule has 1 aliphatic heterocycles. The SMILES string of the molecule is Cc1cc2c(cc1C)-n1cc3c(=O)n(C)c(=O)n(C)c3c1C(c1cc(O)ccc1O)N2c1ccccc1. The molecule has 1 aliphatic rings. The van der Waals surface area contributed by atoms with Crippen LogP contribution in [0.1, 0.15) is 28.4 Å². The lowest BCUT2D eigenvalue weighted by Crippen LogP contribution is -2.37. The molecule has 3 aromatic carbocycles. The fourth-order valence-electron chi connectivity index (χ4n) is 5.43. The molecule has 186 valence electrons. The quantitative estimate of drug-likeness (QED) is 0.357. The predicted octanol–water partition coefficient (Wildman–Crippen LogP) is 4.30. The number of aromatic hydroxyl groups is 2. The zero-order valence-corrected chi connectivity index (χ0v) is 20.9. The van der Waals surface area contributed by atoms with Crippen LogP contribution in [0.2, 0.25) is 0 Å². The first kappa shape index (κ1) is 22.7. The van der Waals surface area contributed by atoms with Crippen LogP contribution in [-0.4, -0.2) is 23.9 Å². The molecule has 2 N–H and O–H groups in total. The van der Waals surface area contributed by atoms with Crippen LogP contribution >= 0.6 is 0 Å². The van der Waals surface area contributed by atoms with E-state index in [1.165, 1.54) is 29.8 Å². The minimum Gasteiger partial charge on any atom is -0.508 e. The first-order chi connectivity index (χ1) is 17.7. The molecule has 0 bridgehead atoms. The molecule has 0 spiro atoms. The Morgan fingerprint density at radius 1 is 0.811 bits per heavy atom. The fraction of sp³-hybridized carbons (Fsp3) is 0.172. The van der Waals surface area contributed by atoms with Gasteiger partial charge < -0.3 is 19.7 Å². The van der Waals surface area contributed by atoms with Crippen molar-refractivity contribution >= 4 is 22.3 Å². The van der Waals surface area contributed by atoms with Crippen LogP contribution in [0, 0.1) is 13.8 Å². The van der Waals surface area contributed by atoms with Gasteiger partial charge in [0, 0.05) is 31.5 Å². The number of benzene rings is 3. The van der Waals surface area contributed by atoms with Gasteiger partial charge in [-0.25, -0.2) is 4.79 Å². The van der Waals surface area contributed by atoms with Gasteiger partial charge in [0.15, 0.2) is 0 Å². The Labute approximate surface area is 212 Å². The van der Waals surface area contributed by atoms with Gasteiger partial charge in [0.1, 0.15) is 17.5 Å². The fourth-order valence-corrected chi connectivity index (χ4v) is 5.43. The van der Waals surface area contributed by atoms with Crippen molar-refractivity contribution in [2.45, 2.75) is 19.9 Å². The normalized spacial score (nSPS) is 14.6. The first-order valence-electron chi connectivity index (χ1n) is 12.0. The molecule has 0 aliphatic carbocycles. The number of aryl methyl sites for hydroxylation is 3. The summed E-state index contributed by atoms with van der Waals surface area (Å²) in [5.74, 6) is -0.00958. The Morgan fingerprint density at radius 2 is 1.49 bits per heavy atom. The number of para-hydroxylation sites is 1. The molecular formula is C29H26N4O4. The number of phenolic OH excluding ortho intramolecular Hbond substituents is 2. The number of aromatic nitrogens is 3. The zero-order valence-electron chi connectivity index (χ0n) is 20.9. The molecular weight excluding hydrogens is 468 g/mol. The summed E-state index contributed by atoms with van der Waals surface area (Å²) in [5.41, 5.74) is 5.48. The number of fused-ring (bicyclic) bond motifs is 5. The van der Waals surface area contributed by atoms with Crippen LogP contribution in [-0.2, 0) is 14.1 Å². The van der Waals surface area contributed by atoms with E-state index in [0.717, 1.165) is 32.8 Å². The van der Waals surface area contributed by atoms with E-state index in [1.807, 2.05) is 48.7 Å². The van der Waals surface area contributed by atoms with Crippen molar-refractivity contribution in [3.05, 3.63) is 110 Å². The van der Waals surface area contributed by atoms with Crippen molar-refractivity contribution in [3.63, 3.8) is 0 Å². The molecule has 0 radical (unpaired) electrons. The van der Waals surface area contributed by atoms with Crippen molar-refractivity contribution in [2.24, 2.45) is 14.1 Å². The second kappa shape index (κ2) is 7.89. The van der Waals surface area contributed by atoms with E-state index in [4.69, 9.17) is 0 Å². The maximum Gasteiger partial charge on any atom is 0.331 e. The Hall–Kier alpha value is -4.72. The molecule has 0 saturated carbocycles. The highest BCUT2D eigenvalue weighted by Gasteiger charge is 2.38. The summed E-state index contributed by atoms with van der Waals surface area (Å²) in [4.78, 5) is 28.5. The number of rotatable bonds is 2. The average molecular weight is 495 g/mol. The molecule has 2 aromatic heterocycles. The van der Waals surface area contributed by atoms with Crippen LogP contribution in [0.4, 0.5) is 11.4 Å². The smallest absolute Gasteiger partial charge is 0.331 e. The minimum absolute atomic E-state index is 0.00101. The summed E-state index contributed by atoms with van der Waals surface area (Å²) in [6.45, 7) is 4.08. The van der Waals surface area contributed by atoms with Gasteiger partial charge >= 0.3 is 5.69 Å². The summed E-state index contributed by atoms with van der Waals surface area (Å²) in [5, 5.41) is 21.9. The van der Waals surface area contributed by atoms with E-state index >= 15 is 0 Å². The highest BCUT2D eigenvalue weighted by atomic mass is 16.3. The van der Waals surface area contributed by atoms with E-state index in [9.17, 15) is 19.8 Å². The molecule has 0 fully saturated rings. The topological polar surface area (TPSA) is 92.6 Å². The van der Waals surface area contributed by atoms with Gasteiger partial charge in [-0.2, -0.15) is 0 Å². The number of nitrogens with zero attached hydrogens (tertiary/aromatic N) is 4. The monoisotopic (exact) mass is 494 g/mol. The predicted molar refractivity (Wildman–Crippen MR) is 143 cm³/mol. The standard InChI is InChI=1S/C29H26N4O4/c1-16-12-22-23(13-17(16)2)33(18-8-6-5-7-9-18)26(20-14-19(34)10-11-24(20)35)27-25-21(15-32(22)27)28(36)31(4)29(37)30(25)3/h5-15,26,34-35H,1-4H3. The number of hydrogen-bond donors (Lipinski definition) is 2. The van der Waals surface area contributed by atoms with E-state index in [-0.39, 0.29) is 11.5 Å².